The Bertz CT molecular complexity index is 325. The molecule has 1 aromatic rings. The number of aromatic nitrogens is 1. The summed E-state index contributed by atoms with van der Waals surface area (Å²) in [5.41, 5.74) is 1.29. The number of amides is 1. The van der Waals surface area contributed by atoms with Crippen LogP contribution in [0.4, 0.5) is 5.13 Å². The Kier molecular flexibility index (Phi) is 3.26. The first-order chi connectivity index (χ1) is 6.37. The fourth-order valence-corrected chi connectivity index (χ4v) is 1.90. The molecule has 0 saturated heterocycles. The molecule has 0 aliphatic carbocycles. The zero-order valence-electron chi connectivity index (χ0n) is 9.05. The van der Waals surface area contributed by atoms with E-state index in [2.05, 4.69) is 31.1 Å². The Morgan fingerprint density at radius 2 is 2.21 bits per heavy atom. The van der Waals surface area contributed by atoms with E-state index >= 15 is 0 Å². The molecule has 0 aliphatic rings. The molecule has 0 radical (unpaired) electrons. The van der Waals surface area contributed by atoms with Crippen molar-refractivity contribution in [2.45, 2.75) is 34.1 Å². The summed E-state index contributed by atoms with van der Waals surface area (Å²) < 4.78 is 0. The number of thiazole rings is 1. The molecule has 0 aromatic carbocycles. The molecule has 1 aromatic heterocycles. The zero-order chi connectivity index (χ0) is 10.8. The van der Waals surface area contributed by atoms with Crippen molar-refractivity contribution in [3.05, 3.63) is 11.1 Å². The van der Waals surface area contributed by atoms with E-state index in [4.69, 9.17) is 0 Å². The van der Waals surface area contributed by atoms with Gasteiger partial charge in [-0.15, -0.1) is 11.3 Å². The molecule has 14 heavy (non-hydrogen) atoms. The average molecular weight is 212 g/mol. The maximum Gasteiger partial charge on any atom is 0.223 e. The summed E-state index contributed by atoms with van der Waals surface area (Å²) in [5, 5.41) is 5.37. The minimum atomic E-state index is -0.0679. The van der Waals surface area contributed by atoms with Crippen LogP contribution in [0.3, 0.4) is 0 Å². The Hall–Kier alpha value is -0.900. The Labute approximate surface area is 88.6 Å². The zero-order valence-corrected chi connectivity index (χ0v) is 9.86. The van der Waals surface area contributed by atoms with Gasteiger partial charge in [0.15, 0.2) is 5.13 Å². The highest BCUT2D eigenvalue weighted by Gasteiger charge is 2.13. The molecule has 4 heteroatoms. The normalized spacial score (nSPS) is 11.4. The summed E-state index contributed by atoms with van der Waals surface area (Å²) >= 11 is 1.48. The van der Waals surface area contributed by atoms with E-state index in [0.29, 0.717) is 5.13 Å². The van der Waals surface area contributed by atoms with Crippen LogP contribution in [0.25, 0.3) is 0 Å². The van der Waals surface area contributed by atoms with Crippen LogP contribution in [0.15, 0.2) is 5.38 Å². The highest BCUT2D eigenvalue weighted by Crippen LogP contribution is 2.23. The van der Waals surface area contributed by atoms with Crippen LogP contribution in [0.1, 0.15) is 33.4 Å². The number of nitrogens with zero attached hydrogens (tertiary/aromatic N) is 1. The Balaban J connectivity index is 2.64. The average Bonchev–Trinajstić information content (AvgIpc) is 2.30. The van der Waals surface area contributed by atoms with Crippen molar-refractivity contribution in [2.24, 2.45) is 5.41 Å². The van der Waals surface area contributed by atoms with Crippen LogP contribution in [0.2, 0.25) is 0 Å². The third-order valence-electron chi connectivity index (χ3n) is 1.55. The first kappa shape index (κ1) is 11.2. The first-order valence-electron chi connectivity index (χ1n) is 4.59. The van der Waals surface area contributed by atoms with E-state index in [0.717, 1.165) is 12.1 Å². The van der Waals surface area contributed by atoms with E-state index in [9.17, 15) is 4.79 Å². The molecule has 0 bridgehead atoms. The Morgan fingerprint density at radius 1 is 1.57 bits per heavy atom. The highest BCUT2D eigenvalue weighted by atomic mass is 32.1. The van der Waals surface area contributed by atoms with Crippen molar-refractivity contribution >= 4 is 22.4 Å². The smallest absolute Gasteiger partial charge is 0.223 e. The van der Waals surface area contributed by atoms with Gasteiger partial charge in [-0.3, -0.25) is 4.79 Å². The predicted octanol–water partition coefficient (Wildman–Crippen LogP) is 2.69. The number of hydrogen-bond donors (Lipinski definition) is 1. The number of anilines is 1. The summed E-state index contributed by atoms with van der Waals surface area (Å²) in [5.74, 6) is -0.0679. The summed E-state index contributed by atoms with van der Waals surface area (Å²) in [6.07, 6.45) is 0.934. The summed E-state index contributed by atoms with van der Waals surface area (Å²) in [6.45, 7) is 8.00. The van der Waals surface area contributed by atoms with Gasteiger partial charge in [0.05, 0.1) is 5.69 Å². The van der Waals surface area contributed by atoms with Gasteiger partial charge < -0.3 is 5.32 Å². The fraction of sp³-hybridized carbons (Fsp3) is 0.600. The number of hydrogen-bond acceptors (Lipinski definition) is 3. The number of carbonyl (C=O) groups is 1. The van der Waals surface area contributed by atoms with Gasteiger partial charge in [-0.2, -0.15) is 0 Å². The third-order valence-corrected chi connectivity index (χ3v) is 2.35. The number of nitrogens with one attached hydrogen (secondary N) is 1. The summed E-state index contributed by atoms with van der Waals surface area (Å²) in [7, 11) is 0. The van der Waals surface area contributed by atoms with Gasteiger partial charge in [-0.1, -0.05) is 20.8 Å². The molecule has 1 amide bonds. The number of rotatable bonds is 2. The molecule has 1 N–H and O–H groups in total. The van der Waals surface area contributed by atoms with Crippen molar-refractivity contribution in [2.75, 3.05) is 5.32 Å². The molecule has 1 heterocycles. The van der Waals surface area contributed by atoms with Crippen LogP contribution in [0, 0.1) is 5.41 Å². The van der Waals surface area contributed by atoms with Gasteiger partial charge in [-0.05, 0) is 11.8 Å². The van der Waals surface area contributed by atoms with Crippen LogP contribution >= 0.6 is 11.3 Å². The van der Waals surface area contributed by atoms with Crippen LogP contribution in [-0.4, -0.2) is 10.9 Å². The van der Waals surface area contributed by atoms with Gasteiger partial charge in [0.25, 0.3) is 0 Å². The molecule has 3 nitrogen and oxygen atoms in total. The van der Waals surface area contributed by atoms with E-state index in [1.807, 2.05) is 5.38 Å². The second-order valence-corrected chi connectivity index (χ2v) is 5.42. The van der Waals surface area contributed by atoms with Crippen molar-refractivity contribution in [3.63, 3.8) is 0 Å². The van der Waals surface area contributed by atoms with Gasteiger partial charge in [0.1, 0.15) is 0 Å². The largest absolute Gasteiger partial charge is 0.302 e. The Morgan fingerprint density at radius 3 is 2.71 bits per heavy atom. The van der Waals surface area contributed by atoms with Crippen molar-refractivity contribution in [1.29, 1.82) is 0 Å². The summed E-state index contributed by atoms with van der Waals surface area (Å²) in [6, 6.07) is 0. The molecule has 78 valence electrons. The monoisotopic (exact) mass is 212 g/mol. The van der Waals surface area contributed by atoms with Crippen LogP contribution in [0.5, 0.6) is 0 Å². The molecule has 0 saturated carbocycles. The maximum absolute atomic E-state index is 10.8. The molecule has 1 rings (SSSR count). The second-order valence-electron chi connectivity index (χ2n) is 4.56. The SMILES string of the molecule is CC(=O)Nc1nc(CC(C)(C)C)cs1. The first-order valence-corrected chi connectivity index (χ1v) is 5.47. The van der Waals surface area contributed by atoms with E-state index in [1.165, 1.54) is 18.3 Å². The lowest BCUT2D eigenvalue weighted by Gasteiger charge is -2.15. The minimum absolute atomic E-state index is 0.0679. The molecule has 0 fully saturated rings. The van der Waals surface area contributed by atoms with Gasteiger partial charge in [-0.25, -0.2) is 4.98 Å². The highest BCUT2D eigenvalue weighted by molar-refractivity contribution is 7.13. The predicted molar refractivity (Wildman–Crippen MR) is 59.6 cm³/mol. The van der Waals surface area contributed by atoms with Gasteiger partial charge >= 0.3 is 0 Å². The standard InChI is InChI=1S/C10H16N2OS/c1-7(13)11-9-12-8(6-14-9)5-10(2,3)4/h6H,5H2,1-4H3,(H,11,12,13). The lowest BCUT2D eigenvalue weighted by atomic mass is 9.91. The molecular formula is C10H16N2OS. The molecule has 0 atom stereocenters. The maximum atomic E-state index is 10.8. The van der Waals surface area contributed by atoms with Crippen molar-refractivity contribution in [3.8, 4) is 0 Å². The molecule has 0 aliphatic heterocycles. The number of carbonyl (C=O) groups excluding carboxylic acids is 1. The topological polar surface area (TPSA) is 42.0 Å². The van der Waals surface area contributed by atoms with Gasteiger partial charge in [0.2, 0.25) is 5.91 Å². The quantitative estimate of drug-likeness (QED) is 0.819. The summed E-state index contributed by atoms with van der Waals surface area (Å²) in [4.78, 5) is 15.1. The fourth-order valence-electron chi connectivity index (χ4n) is 1.14. The molecule has 0 spiro atoms. The third kappa shape index (κ3) is 3.87. The van der Waals surface area contributed by atoms with Gasteiger partial charge in [0, 0.05) is 12.3 Å². The molecule has 0 unspecified atom stereocenters. The van der Waals surface area contributed by atoms with Crippen LogP contribution in [-0.2, 0) is 11.2 Å². The van der Waals surface area contributed by atoms with E-state index in [1.54, 1.807) is 0 Å². The van der Waals surface area contributed by atoms with E-state index < -0.39 is 0 Å². The minimum Gasteiger partial charge on any atom is -0.302 e. The lowest BCUT2D eigenvalue weighted by Crippen LogP contribution is -2.10. The van der Waals surface area contributed by atoms with Crippen molar-refractivity contribution in [1.82, 2.24) is 4.98 Å². The van der Waals surface area contributed by atoms with Crippen molar-refractivity contribution < 1.29 is 4.79 Å². The lowest BCUT2D eigenvalue weighted by molar-refractivity contribution is -0.114. The molecular weight excluding hydrogens is 196 g/mol. The van der Waals surface area contributed by atoms with E-state index in [-0.39, 0.29) is 11.3 Å². The van der Waals surface area contributed by atoms with Crippen LogP contribution < -0.4 is 5.32 Å². The second kappa shape index (κ2) is 4.09.